The van der Waals surface area contributed by atoms with E-state index in [1.54, 1.807) is 18.2 Å². The van der Waals surface area contributed by atoms with Gasteiger partial charge in [0, 0.05) is 10.9 Å². The van der Waals surface area contributed by atoms with E-state index in [0.717, 1.165) is 5.52 Å². The van der Waals surface area contributed by atoms with Crippen molar-refractivity contribution in [3.63, 3.8) is 0 Å². The van der Waals surface area contributed by atoms with Crippen molar-refractivity contribution in [1.29, 1.82) is 5.26 Å². The van der Waals surface area contributed by atoms with E-state index in [-0.39, 0.29) is 0 Å². The highest BCUT2D eigenvalue weighted by atomic mass is 16.5. The number of nitrogens with one attached hydrogen (secondary N) is 1. The lowest BCUT2D eigenvalue weighted by atomic mass is 10.1. The lowest BCUT2D eigenvalue weighted by Crippen LogP contribution is -2.00. The molecule has 1 aromatic heterocycles. The molecule has 0 saturated carbocycles. The number of nitriles is 1. The lowest BCUT2D eigenvalue weighted by Gasteiger charge is -1.98. The molecule has 2 rings (SSSR count). The number of aromatic nitrogens is 1. The normalized spacial score (nSPS) is 10.0. The third-order valence-electron chi connectivity index (χ3n) is 2.36. The van der Waals surface area contributed by atoms with Crippen molar-refractivity contribution in [1.82, 2.24) is 4.98 Å². The van der Waals surface area contributed by atoms with Crippen LogP contribution in [0.2, 0.25) is 0 Å². The van der Waals surface area contributed by atoms with Crippen molar-refractivity contribution in [2.45, 2.75) is 0 Å². The molecule has 0 amide bonds. The van der Waals surface area contributed by atoms with Crippen LogP contribution in [0.4, 0.5) is 5.82 Å². The summed E-state index contributed by atoms with van der Waals surface area (Å²) in [7, 11) is 1.31. The topological polar surface area (TPSA) is 91.9 Å². The number of carbonyl (C=O) groups is 1. The number of H-pyrrole nitrogens is 1. The second kappa shape index (κ2) is 3.59. The minimum atomic E-state index is -0.439. The molecular formula is C11H9N3O2. The van der Waals surface area contributed by atoms with E-state index in [4.69, 9.17) is 11.0 Å². The van der Waals surface area contributed by atoms with E-state index in [2.05, 4.69) is 9.72 Å². The summed E-state index contributed by atoms with van der Waals surface area (Å²) in [5, 5.41) is 9.55. The van der Waals surface area contributed by atoms with E-state index < -0.39 is 5.97 Å². The first-order valence-corrected chi connectivity index (χ1v) is 4.57. The van der Waals surface area contributed by atoms with Gasteiger partial charge in [0.25, 0.3) is 0 Å². The highest BCUT2D eigenvalue weighted by Crippen LogP contribution is 2.24. The summed E-state index contributed by atoms with van der Waals surface area (Å²) in [6.45, 7) is 0. The van der Waals surface area contributed by atoms with Gasteiger partial charge in [-0.25, -0.2) is 4.79 Å². The van der Waals surface area contributed by atoms with Crippen molar-refractivity contribution < 1.29 is 9.53 Å². The van der Waals surface area contributed by atoms with E-state index in [1.807, 2.05) is 6.07 Å². The van der Waals surface area contributed by atoms with Crippen LogP contribution in [0.1, 0.15) is 15.9 Å². The number of methoxy groups -OCH3 is 1. The fourth-order valence-electron chi connectivity index (χ4n) is 1.58. The number of rotatable bonds is 1. The average Bonchev–Trinajstić information content (AvgIpc) is 2.62. The molecule has 5 nitrogen and oxygen atoms in total. The number of nitrogens with zero attached hydrogens (tertiary/aromatic N) is 1. The molecule has 3 N–H and O–H groups in total. The number of nitrogens with two attached hydrogens (primary N) is 1. The molecule has 0 saturated heterocycles. The number of anilines is 1. The summed E-state index contributed by atoms with van der Waals surface area (Å²) in [4.78, 5) is 14.2. The number of esters is 1. The lowest BCUT2D eigenvalue weighted by molar-refractivity contribution is 0.0601. The smallest absolute Gasteiger partial charge is 0.337 e. The molecule has 80 valence electrons. The van der Waals surface area contributed by atoms with Crippen LogP contribution >= 0.6 is 0 Å². The van der Waals surface area contributed by atoms with Crippen LogP contribution in [0.5, 0.6) is 0 Å². The zero-order chi connectivity index (χ0) is 11.7. The number of nitrogen functional groups attached to an aromatic ring is 1. The van der Waals surface area contributed by atoms with Gasteiger partial charge in [0.15, 0.2) is 0 Å². The number of carbonyl (C=O) groups excluding carboxylic acids is 1. The molecule has 0 spiro atoms. The first kappa shape index (κ1) is 10.1. The van der Waals surface area contributed by atoms with Crippen LogP contribution in [0.25, 0.3) is 10.9 Å². The molecule has 5 heteroatoms. The molecule has 2 aromatic rings. The van der Waals surface area contributed by atoms with Crippen molar-refractivity contribution in [2.24, 2.45) is 0 Å². The predicted octanol–water partition coefficient (Wildman–Crippen LogP) is 1.41. The number of aromatic amines is 1. The van der Waals surface area contributed by atoms with Crippen molar-refractivity contribution in [2.75, 3.05) is 12.8 Å². The summed E-state index contributed by atoms with van der Waals surface area (Å²) in [5.41, 5.74) is 7.09. The summed E-state index contributed by atoms with van der Waals surface area (Å²) < 4.78 is 4.60. The Labute approximate surface area is 91.4 Å². The van der Waals surface area contributed by atoms with Gasteiger partial charge in [-0.05, 0) is 18.2 Å². The standard InChI is InChI=1S/C11H9N3O2/c1-16-11(15)6-2-3-9-7(4-6)8(5-12)10(13)14-9/h2-4,14H,13H2,1H3. The molecular weight excluding hydrogens is 206 g/mol. The Morgan fingerprint density at radius 2 is 2.31 bits per heavy atom. The molecule has 16 heavy (non-hydrogen) atoms. The van der Waals surface area contributed by atoms with Gasteiger partial charge < -0.3 is 15.5 Å². The summed E-state index contributed by atoms with van der Waals surface area (Å²) >= 11 is 0. The fourth-order valence-corrected chi connectivity index (χ4v) is 1.58. The van der Waals surface area contributed by atoms with Gasteiger partial charge in [0.2, 0.25) is 0 Å². The van der Waals surface area contributed by atoms with Crippen molar-refractivity contribution >= 4 is 22.7 Å². The van der Waals surface area contributed by atoms with Crippen LogP contribution in [0, 0.1) is 11.3 Å². The van der Waals surface area contributed by atoms with Gasteiger partial charge in [-0.1, -0.05) is 0 Å². The molecule has 0 aliphatic carbocycles. The first-order valence-electron chi connectivity index (χ1n) is 4.57. The zero-order valence-electron chi connectivity index (χ0n) is 8.57. The fraction of sp³-hybridized carbons (Fsp3) is 0.0909. The first-order chi connectivity index (χ1) is 7.67. The Hall–Kier alpha value is -2.48. The highest BCUT2D eigenvalue weighted by Gasteiger charge is 2.12. The van der Waals surface area contributed by atoms with E-state index in [1.165, 1.54) is 7.11 Å². The molecule has 0 atom stereocenters. The quantitative estimate of drug-likeness (QED) is 0.703. The number of hydrogen-bond acceptors (Lipinski definition) is 4. The van der Waals surface area contributed by atoms with Crippen molar-refractivity contribution in [3.05, 3.63) is 29.3 Å². The molecule has 0 unspecified atom stereocenters. The maximum Gasteiger partial charge on any atom is 0.337 e. The van der Waals surface area contributed by atoms with Gasteiger partial charge in [-0.2, -0.15) is 5.26 Å². The minimum absolute atomic E-state index is 0.305. The van der Waals surface area contributed by atoms with E-state index >= 15 is 0 Å². The van der Waals surface area contributed by atoms with E-state index in [9.17, 15) is 4.79 Å². The SMILES string of the molecule is COC(=O)c1ccc2[nH]c(N)c(C#N)c2c1. The molecule has 0 radical (unpaired) electrons. The Kier molecular flexibility index (Phi) is 2.25. The number of benzene rings is 1. The second-order valence-corrected chi connectivity index (χ2v) is 3.28. The van der Waals surface area contributed by atoms with Crippen LogP contribution < -0.4 is 5.73 Å². The maximum absolute atomic E-state index is 11.3. The Morgan fingerprint density at radius 3 is 2.94 bits per heavy atom. The third-order valence-corrected chi connectivity index (χ3v) is 2.36. The van der Waals surface area contributed by atoms with Gasteiger partial charge in [0.1, 0.15) is 17.5 Å². The molecule has 1 aromatic carbocycles. The minimum Gasteiger partial charge on any atom is -0.465 e. The number of ether oxygens (including phenoxy) is 1. The summed E-state index contributed by atoms with van der Waals surface area (Å²) in [5.74, 6) is -0.134. The Balaban J connectivity index is 2.70. The van der Waals surface area contributed by atoms with Gasteiger partial charge in [-0.3, -0.25) is 0 Å². The monoisotopic (exact) mass is 215 g/mol. The second-order valence-electron chi connectivity index (χ2n) is 3.28. The largest absolute Gasteiger partial charge is 0.465 e. The average molecular weight is 215 g/mol. The molecule has 1 heterocycles. The van der Waals surface area contributed by atoms with Crippen LogP contribution in [0.3, 0.4) is 0 Å². The van der Waals surface area contributed by atoms with Gasteiger partial charge >= 0.3 is 5.97 Å². The molecule has 0 aliphatic heterocycles. The maximum atomic E-state index is 11.3. The Morgan fingerprint density at radius 1 is 1.56 bits per heavy atom. The van der Waals surface area contributed by atoms with Gasteiger partial charge in [0.05, 0.1) is 12.7 Å². The predicted molar refractivity (Wildman–Crippen MR) is 58.8 cm³/mol. The highest BCUT2D eigenvalue weighted by molar-refractivity contribution is 5.98. The van der Waals surface area contributed by atoms with E-state index in [0.29, 0.717) is 22.3 Å². The summed E-state index contributed by atoms with van der Waals surface area (Å²) in [6.07, 6.45) is 0. The Bertz CT molecular complexity index is 607. The number of hydrogen-bond donors (Lipinski definition) is 2. The molecule has 0 aliphatic rings. The van der Waals surface area contributed by atoms with Crippen LogP contribution in [0.15, 0.2) is 18.2 Å². The van der Waals surface area contributed by atoms with Crippen molar-refractivity contribution in [3.8, 4) is 6.07 Å². The zero-order valence-corrected chi connectivity index (χ0v) is 8.57. The molecule has 0 fully saturated rings. The van der Waals surface area contributed by atoms with Crippen LogP contribution in [-0.4, -0.2) is 18.1 Å². The number of fused-ring (bicyclic) bond motifs is 1. The van der Waals surface area contributed by atoms with Gasteiger partial charge in [-0.15, -0.1) is 0 Å². The third kappa shape index (κ3) is 1.37. The van der Waals surface area contributed by atoms with Crippen LogP contribution in [-0.2, 0) is 4.74 Å². The molecule has 0 bridgehead atoms. The summed E-state index contributed by atoms with van der Waals surface area (Å²) in [6, 6.07) is 6.89.